The highest BCUT2D eigenvalue weighted by Gasteiger charge is 2.16. The third-order valence-corrected chi connectivity index (χ3v) is 4.61. The number of piperidine rings is 1. The van der Waals surface area contributed by atoms with Gasteiger partial charge in [0.2, 0.25) is 0 Å². The highest BCUT2D eigenvalue weighted by molar-refractivity contribution is 5.72. The Balaban J connectivity index is 1.92. The second-order valence-electron chi connectivity index (χ2n) is 6.40. The number of aryl methyl sites for hydroxylation is 1. The zero-order valence-corrected chi connectivity index (χ0v) is 13.6. The summed E-state index contributed by atoms with van der Waals surface area (Å²) in [6, 6.07) is 12.1. The van der Waals surface area contributed by atoms with Gasteiger partial charge in [-0.1, -0.05) is 19.1 Å². The van der Waals surface area contributed by atoms with Crippen LogP contribution >= 0.6 is 0 Å². The maximum atomic E-state index is 11.9. The Kier molecular flexibility index (Phi) is 4.20. The minimum atomic E-state index is -0.323. The first-order valence-electron chi connectivity index (χ1n) is 8.08. The normalized spacial score (nSPS) is 15.4. The van der Waals surface area contributed by atoms with Crippen molar-refractivity contribution in [3.8, 4) is 17.2 Å². The Bertz CT molecular complexity index is 791. The molecule has 118 valence electrons. The Morgan fingerprint density at radius 3 is 2.48 bits per heavy atom. The van der Waals surface area contributed by atoms with Crippen molar-refractivity contribution in [2.24, 2.45) is 5.92 Å². The van der Waals surface area contributed by atoms with Crippen LogP contribution in [0.15, 0.2) is 35.1 Å². The summed E-state index contributed by atoms with van der Waals surface area (Å²) in [5.74, 6) is 0.808. The number of rotatable bonds is 2. The molecule has 1 fully saturated rings. The summed E-state index contributed by atoms with van der Waals surface area (Å²) in [4.78, 5) is 17.0. The third-order valence-electron chi connectivity index (χ3n) is 4.61. The van der Waals surface area contributed by atoms with E-state index in [2.05, 4.69) is 28.9 Å². The van der Waals surface area contributed by atoms with Gasteiger partial charge in [0.25, 0.3) is 5.56 Å². The molecule has 23 heavy (non-hydrogen) atoms. The van der Waals surface area contributed by atoms with Gasteiger partial charge in [0.05, 0.1) is 0 Å². The van der Waals surface area contributed by atoms with Crippen LogP contribution in [0.4, 0.5) is 5.69 Å². The van der Waals surface area contributed by atoms with Crippen LogP contribution in [0.25, 0.3) is 11.1 Å². The second kappa shape index (κ2) is 6.29. The molecule has 1 saturated heterocycles. The van der Waals surface area contributed by atoms with Crippen molar-refractivity contribution in [1.82, 2.24) is 4.98 Å². The lowest BCUT2D eigenvalue weighted by molar-refractivity contribution is 0.438. The van der Waals surface area contributed by atoms with Crippen molar-refractivity contribution in [2.45, 2.75) is 26.7 Å². The lowest BCUT2D eigenvalue weighted by Crippen LogP contribution is -2.32. The van der Waals surface area contributed by atoms with E-state index < -0.39 is 0 Å². The highest BCUT2D eigenvalue weighted by Crippen LogP contribution is 2.27. The maximum Gasteiger partial charge on any atom is 0.266 e. The molecule has 1 aliphatic heterocycles. The smallest absolute Gasteiger partial charge is 0.266 e. The average molecular weight is 307 g/mol. The molecule has 0 bridgehead atoms. The molecule has 0 unspecified atom stereocenters. The Labute approximate surface area is 136 Å². The van der Waals surface area contributed by atoms with Crippen LogP contribution in [0.5, 0.6) is 0 Å². The summed E-state index contributed by atoms with van der Waals surface area (Å²) in [7, 11) is 0. The number of aromatic nitrogens is 1. The Morgan fingerprint density at radius 1 is 1.22 bits per heavy atom. The maximum absolute atomic E-state index is 11.9. The number of aromatic amines is 1. The van der Waals surface area contributed by atoms with E-state index in [9.17, 15) is 10.1 Å². The molecule has 1 aromatic carbocycles. The molecule has 1 aromatic heterocycles. The first-order valence-corrected chi connectivity index (χ1v) is 8.08. The quantitative estimate of drug-likeness (QED) is 0.924. The van der Waals surface area contributed by atoms with Gasteiger partial charge in [-0.3, -0.25) is 4.79 Å². The van der Waals surface area contributed by atoms with Crippen LogP contribution < -0.4 is 10.5 Å². The number of hydrogen-bond donors (Lipinski definition) is 1. The molecule has 4 nitrogen and oxygen atoms in total. The van der Waals surface area contributed by atoms with E-state index in [0.717, 1.165) is 30.3 Å². The Morgan fingerprint density at radius 2 is 1.87 bits per heavy atom. The SMILES string of the molecule is Cc1cc(-c2ccc(N3CCC(C)CC3)cc2)c(C#N)c(=O)[nH]1. The van der Waals surface area contributed by atoms with Gasteiger partial charge in [0.15, 0.2) is 0 Å². The number of anilines is 1. The van der Waals surface area contributed by atoms with Gasteiger partial charge in [-0.05, 0) is 49.4 Å². The summed E-state index contributed by atoms with van der Waals surface area (Å²) in [6.07, 6.45) is 2.46. The van der Waals surface area contributed by atoms with Crippen LogP contribution in [0, 0.1) is 24.2 Å². The second-order valence-corrected chi connectivity index (χ2v) is 6.40. The number of nitrogens with zero attached hydrogens (tertiary/aromatic N) is 2. The molecule has 2 heterocycles. The molecule has 2 aromatic rings. The molecule has 0 saturated carbocycles. The standard InChI is InChI=1S/C19H21N3O/c1-13-7-9-22(10-8-13)16-5-3-15(4-6-16)17-11-14(2)21-19(23)18(17)12-20/h3-6,11,13H,7-10H2,1-2H3,(H,21,23). The summed E-state index contributed by atoms with van der Waals surface area (Å²) in [5, 5.41) is 9.26. The van der Waals surface area contributed by atoms with E-state index in [1.165, 1.54) is 18.5 Å². The lowest BCUT2D eigenvalue weighted by atomic mass is 9.97. The zero-order valence-electron chi connectivity index (χ0n) is 13.6. The van der Waals surface area contributed by atoms with E-state index in [-0.39, 0.29) is 11.1 Å². The summed E-state index contributed by atoms with van der Waals surface area (Å²) >= 11 is 0. The Hall–Kier alpha value is -2.54. The largest absolute Gasteiger partial charge is 0.372 e. The van der Waals surface area contributed by atoms with Crippen LogP contribution in [0.3, 0.4) is 0 Å². The molecule has 0 atom stereocenters. The van der Waals surface area contributed by atoms with Crippen LogP contribution in [-0.2, 0) is 0 Å². The van der Waals surface area contributed by atoms with Crippen molar-refractivity contribution in [1.29, 1.82) is 5.26 Å². The molecule has 0 spiro atoms. The average Bonchev–Trinajstić information content (AvgIpc) is 2.55. The number of benzene rings is 1. The van der Waals surface area contributed by atoms with Gasteiger partial charge >= 0.3 is 0 Å². The minimum absolute atomic E-state index is 0.176. The van der Waals surface area contributed by atoms with E-state index >= 15 is 0 Å². The molecule has 1 N–H and O–H groups in total. The summed E-state index contributed by atoms with van der Waals surface area (Å²) in [6.45, 7) is 6.32. The van der Waals surface area contributed by atoms with Crippen LogP contribution in [0.2, 0.25) is 0 Å². The lowest BCUT2D eigenvalue weighted by Gasteiger charge is -2.32. The first-order chi connectivity index (χ1) is 11.1. The fraction of sp³-hybridized carbons (Fsp3) is 0.368. The van der Waals surface area contributed by atoms with Crippen LogP contribution in [0.1, 0.15) is 31.0 Å². The number of hydrogen-bond acceptors (Lipinski definition) is 3. The molecule has 0 aliphatic carbocycles. The molecule has 0 radical (unpaired) electrons. The number of nitrogens with one attached hydrogen (secondary N) is 1. The van der Waals surface area contributed by atoms with Gasteiger partial charge in [0, 0.05) is 30.0 Å². The minimum Gasteiger partial charge on any atom is -0.372 e. The van der Waals surface area contributed by atoms with E-state index in [0.29, 0.717) is 5.56 Å². The molecule has 1 aliphatic rings. The number of H-pyrrole nitrogens is 1. The highest BCUT2D eigenvalue weighted by atomic mass is 16.1. The van der Waals surface area contributed by atoms with Crippen LogP contribution in [-0.4, -0.2) is 18.1 Å². The monoisotopic (exact) mass is 307 g/mol. The van der Waals surface area contributed by atoms with Crippen molar-refractivity contribution >= 4 is 5.69 Å². The van der Waals surface area contributed by atoms with Crippen molar-refractivity contribution in [3.05, 3.63) is 51.9 Å². The van der Waals surface area contributed by atoms with Gasteiger partial charge in [-0.25, -0.2) is 0 Å². The fourth-order valence-corrected chi connectivity index (χ4v) is 3.15. The van der Waals surface area contributed by atoms with Gasteiger partial charge in [-0.15, -0.1) is 0 Å². The third kappa shape index (κ3) is 3.14. The van der Waals surface area contributed by atoms with Crippen molar-refractivity contribution < 1.29 is 0 Å². The summed E-state index contributed by atoms with van der Waals surface area (Å²) in [5.41, 5.74) is 3.43. The number of pyridine rings is 1. The molecule has 0 amide bonds. The predicted molar refractivity (Wildman–Crippen MR) is 92.6 cm³/mol. The van der Waals surface area contributed by atoms with Crippen molar-refractivity contribution in [2.75, 3.05) is 18.0 Å². The van der Waals surface area contributed by atoms with E-state index in [1.54, 1.807) is 0 Å². The van der Waals surface area contributed by atoms with Crippen molar-refractivity contribution in [3.63, 3.8) is 0 Å². The molecule has 3 rings (SSSR count). The molecule has 4 heteroatoms. The first kappa shape index (κ1) is 15.4. The molecular weight excluding hydrogens is 286 g/mol. The number of nitriles is 1. The summed E-state index contributed by atoms with van der Waals surface area (Å²) < 4.78 is 0. The van der Waals surface area contributed by atoms with Gasteiger partial charge in [-0.2, -0.15) is 5.26 Å². The van der Waals surface area contributed by atoms with Gasteiger partial charge < -0.3 is 9.88 Å². The van der Waals surface area contributed by atoms with E-state index in [4.69, 9.17) is 0 Å². The predicted octanol–water partition coefficient (Wildman–Crippen LogP) is 3.46. The van der Waals surface area contributed by atoms with E-state index in [1.807, 2.05) is 31.2 Å². The van der Waals surface area contributed by atoms with Gasteiger partial charge in [0.1, 0.15) is 11.6 Å². The topological polar surface area (TPSA) is 59.9 Å². The zero-order chi connectivity index (χ0) is 16.4. The fourth-order valence-electron chi connectivity index (χ4n) is 3.15. The molecular formula is C19H21N3O.